The molecule has 0 atom stereocenters. The van der Waals surface area contributed by atoms with E-state index < -0.39 is 5.97 Å². The summed E-state index contributed by atoms with van der Waals surface area (Å²) in [4.78, 5) is 21.3. The summed E-state index contributed by atoms with van der Waals surface area (Å²) in [6.07, 6.45) is 3.43. The van der Waals surface area contributed by atoms with Gasteiger partial charge in [-0.1, -0.05) is 73.3 Å². The molecule has 3 nitrogen and oxygen atoms in total. The molecule has 0 aliphatic carbocycles. The van der Waals surface area contributed by atoms with Crippen molar-refractivity contribution in [2.45, 2.75) is 6.92 Å². The highest BCUT2D eigenvalue weighted by Crippen LogP contribution is 2.05. The van der Waals surface area contributed by atoms with Crippen LogP contribution in [0.5, 0.6) is 0 Å². The molecule has 112 valence electrons. The number of hydrogen-bond donors (Lipinski definition) is 1. The molecule has 0 heterocycles. The number of carboxylic acid groups (broad SMARTS) is 1. The molecule has 0 bridgehead atoms. The molecule has 1 N–H and O–H groups in total. The summed E-state index contributed by atoms with van der Waals surface area (Å²) in [5.41, 5.74) is 1.93. The maximum atomic E-state index is 11.7. The zero-order chi connectivity index (χ0) is 16.4. The summed E-state index contributed by atoms with van der Waals surface area (Å²) >= 11 is 0. The average molecular weight is 294 g/mol. The van der Waals surface area contributed by atoms with Crippen LogP contribution in [0.2, 0.25) is 0 Å². The van der Waals surface area contributed by atoms with E-state index >= 15 is 0 Å². The highest BCUT2D eigenvalue weighted by atomic mass is 16.4. The number of hydrogen-bond acceptors (Lipinski definition) is 2. The minimum absolute atomic E-state index is 0.0319. The Labute approximate surface area is 130 Å². The van der Waals surface area contributed by atoms with Crippen LogP contribution in [0.3, 0.4) is 0 Å². The van der Waals surface area contributed by atoms with E-state index in [2.05, 4.69) is 6.58 Å². The lowest BCUT2D eigenvalue weighted by atomic mass is 10.1. The average Bonchev–Trinajstić information content (AvgIpc) is 2.55. The van der Waals surface area contributed by atoms with Crippen molar-refractivity contribution in [3.05, 3.63) is 90.0 Å². The van der Waals surface area contributed by atoms with Crippen molar-refractivity contribution in [2.75, 3.05) is 0 Å². The molecule has 0 aliphatic rings. The third kappa shape index (κ3) is 6.48. The number of aliphatic carboxylic acids is 1. The first-order valence-electron chi connectivity index (χ1n) is 6.72. The first kappa shape index (κ1) is 17.1. The van der Waals surface area contributed by atoms with Crippen LogP contribution in [0.25, 0.3) is 6.08 Å². The first-order valence-corrected chi connectivity index (χ1v) is 6.72. The highest BCUT2D eigenvalue weighted by Gasteiger charge is 1.98. The van der Waals surface area contributed by atoms with Gasteiger partial charge in [0.1, 0.15) is 0 Å². The van der Waals surface area contributed by atoms with Crippen LogP contribution in [0.15, 0.2) is 78.9 Å². The second kappa shape index (κ2) is 9.08. The van der Waals surface area contributed by atoms with Gasteiger partial charge < -0.3 is 5.11 Å². The monoisotopic (exact) mass is 294 g/mol. The molecule has 3 heteroatoms. The van der Waals surface area contributed by atoms with Crippen LogP contribution in [0, 0.1) is 0 Å². The lowest BCUT2D eigenvalue weighted by Gasteiger charge is -1.94. The Kier molecular flexibility index (Phi) is 7.06. The highest BCUT2D eigenvalue weighted by molar-refractivity contribution is 6.06. The topological polar surface area (TPSA) is 54.4 Å². The van der Waals surface area contributed by atoms with Crippen molar-refractivity contribution in [1.29, 1.82) is 0 Å². The van der Waals surface area contributed by atoms with Crippen molar-refractivity contribution >= 4 is 17.8 Å². The van der Waals surface area contributed by atoms with E-state index in [9.17, 15) is 9.59 Å². The Balaban J connectivity index is 0.000000346. The fraction of sp³-hybridized carbons (Fsp3) is 0.0526. The smallest absolute Gasteiger partial charge is 0.330 e. The predicted octanol–water partition coefficient (Wildman–Crippen LogP) is 4.23. The SMILES string of the molecule is C=C(C)C(=O)O.O=C(C=Cc1ccccc1)c1ccccc1. The van der Waals surface area contributed by atoms with Gasteiger partial charge in [-0.3, -0.25) is 4.79 Å². The van der Waals surface area contributed by atoms with E-state index in [0.29, 0.717) is 0 Å². The van der Waals surface area contributed by atoms with Crippen LogP contribution in [-0.4, -0.2) is 16.9 Å². The molecular weight excluding hydrogens is 276 g/mol. The van der Waals surface area contributed by atoms with Gasteiger partial charge in [-0.05, 0) is 18.6 Å². The Hall–Kier alpha value is -2.94. The Morgan fingerprint density at radius 3 is 1.86 bits per heavy atom. The van der Waals surface area contributed by atoms with Crippen LogP contribution in [0.4, 0.5) is 0 Å². The molecule has 0 saturated heterocycles. The van der Waals surface area contributed by atoms with Crippen LogP contribution >= 0.6 is 0 Å². The molecule has 0 radical (unpaired) electrons. The summed E-state index contributed by atoms with van der Waals surface area (Å²) in [5, 5.41) is 7.89. The number of carbonyl (C=O) groups is 2. The quantitative estimate of drug-likeness (QED) is 0.678. The zero-order valence-electron chi connectivity index (χ0n) is 12.4. The second-order valence-electron chi connectivity index (χ2n) is 4.56. The van der Waals surface area contributed by atoms with Crippen molar-refractivity contribution in [1.82, 2.24) is 0 Å². The van der Waals surface area contributed by atoms with E-state index in [-0.39, 0.29) is 11.4 Å². The Morgan fingerprint density at radius 2 is 1.41 bits per heavy atom. The predicted molar refractivity (Wildman–Crippen MR) is 88.7 cm³/mol. The van der Waals surface area contributed by atoms with Gasteiger partial charge in [0.05, 0.1) is 0 Å². The van der Waals surface area contributed by atoms with Gasteiger partial charge >= 0.3 is 5.97 Å². The van der Waals surface area contributed by atoms with E-state index in [4.69, 9.17) is 5.11 Å². The summed E-state index contributed by atoms with van der Waals surface area (Å²) in [6, 6.07) is 19.1. The molecule has 2 rings (SSSR count). The molecule has 0 fully saturated rings. The zero-order valence-corrected chi connectivity index (χ0v) is 12.4. The van der Waals surface area contributed by atoms with E-state index in [1.807, 2.05) is 66.7 Å². The third-order valence-electron chi connectivity index (χ3n) is 2.65. The van der Waals surface area contributed by atoms with Gasteiger partial charge in [-0.2, -0.15) is 0 Å². The molecule has 2 aromatic rings. The van der Waals surface area contributed by atoms with E-state index in [1.54, 1.807) is 6.08 Å². The molecule has 0 saturated carbocycles. The van der Waals surface area contributed by atoms with Gasteiger partial charge in [0.2, 0.25) is 0 Å². The normalized spacial score (nSPS) is 9.68. The lowest BCUT2D eigenvalue weighted by Crippen LogP contribution is -1.92. The molecule has 0 aliphatic heterocycles. The van der Waals surface area contributed by atoms with Gasteiger partial charge in [-0.15, -0.1) is 0 Å². The summed E-state index contributed by atoms with van der Waals surface area (Å²) in [6.45, 7) is 4.60. The first-order chi connectivity index (χ1) is 10.5. The standard InChI is InChI=1S/C15H12O.C4H6O2/c16-15(14-9-5-2-6-10-14)12-11-13-7-3-1-4-8-13;1-3(2)4(5)6/h1-12H;1H2,2H3,(H,5,6). The number of ketones is 1. The molecule has 0 aromatic heterocycles. The van der Waals surface area contributed by atoms with E-state index in [1.165, 1.54) is 6.92 Å². The molecular formula is C19H18O3. The van der Waals surface area contributed by atoms with Crippen LogP contribution in [0.1, 0.15) is 22.8 Å². The van der Waals surface area contributed by atoms with E-state index in [0.717, 1.165) is 11.1 Å². The maximum absolute atomic E-state index is 11.7. The van der Waals surface area contributed by atoms with Crippen molar-refractivity contribution in [3.8, 4) is 0 Å². The minimum atomic E-state index is -0.935. The summed E-state index contributed by atoms with van der Waals surface area (Å²) in [7, 11) is 0. The largest absolute Gasteiger partial charge is 0.478 e. The van der Waals surface area contributed by atoms with Gasteiger partial charge in [0, 0.05) is 11.1 Å². The van der Waals surface area contributed by atoms with Crippen LogP contribution < -0.4 is 0 Å². The van der Waals surface area contributed by atoms with Crippen molar-refractivity contribution in [3.63, 3.8) is 0 Å². The van der Waals surface area contributed by atoms with Gasteiger partial charge in [0.15, 0.2) is 5.78 Å². The van der Waals surface area contributed by atoms with Gasteiger partial charge in [-0.25, -0.2) is 4.79 Å². The summed E-state index contributed by atoms with van der Waals surface area (Å²) < 4.78 is 0. The Bertz CT molecular complexity index is 644. The third-order valence-corrected chi connectivity index (χ3v) is 2.65. The molecule has 2 aromatic carbocycles. The number of allylic oxidation sites excluding steroid dienone is 1. The van der Waals surface area contributed by atoms with Crippen molar-refractivity contribution in [2.24, 2.45) is 0 Å². The fourth-order valence-electron chi connectivity index (χ4n) is 1.43. The number of carbonyl (C=O) groups excluding carboxylic acids is 1. The Morgan fingerprint density at radius 1 is 0.955 bits per heavy atom. The molecule has 0 spiro atoms. The number of carboxylic acids is 1. The lowest BCUT2D eigenvalue weighted by molar-refractivity contribution is -0.132. The maximum Gasteiger partial charge on any atom is 0.330 e. The second-order valence-corrected chi connectivity index (χ2v) is 4.56. The van der Waals surface area contributed by atoms with Crippen molar-refractivity contribution < 1.29 is 14.7 Å². The number of rotatable bonds is 4. The molecule has 0 unspecified atom stereocenters. The fourth-order valence-corrected chi connectivity index (χ4v) is 1.43. The molecule has 0 amide bonds. The van der Waals surface area contributed by atoms with Crippen LogP contribution in [-0.2, 0) is 4.79 Å². The molecule has 22 heavy (non-hydrogen) atoms. The minimum Gasteiger partial charge on any atom is -0.478 e. The van der Waals surface area contributed by atoms with Gasteiger partial charge in [0.25, 0.3) is 0 Å². The number of benzene rings is 2. The summed E-state index contributed by atoms with van der Waals surface area (Å²) in [5.74, 6) is -0.903.